The molecule has 4 nitrogen and oxygen atoms in total. The largest absolute Gasteiger partial charge is 0.352 e. The van der Waals surface area contributed by atoms with Crippen molar-refractivity contribution in [2.75, 3.05) is 0 Å². The number of carbonyl (C=O) groups is 2. The van der Waals surface area contributed by atoms with Crippen LogP contribution in [0.15, 0.2) is 48.5 Å². The van der Waals surface area contributed by atoms with Crippen molar-refractivity contribution in [3.63, 3.8) is 0 Å². The number of hydrogen-bond donors (Lipinski definition) is 1. The third-order valence-corrected chi connectivity index (χ3v) is 5.92. The van der Waals surface area contributed by atoms with Gasteiger partial charge in [0.2, 0.25) is 11.8 Å². The quantitative estimate of drug-likeness (QED) is 0.690. The first-order valence-corrected chi connectivity index (χ1v) is 11.2. The summed E-state index contributed by atoms with van der Waals surface area (Å²) in [6.45, 7) is 6.53. The van der Waals surface area contributed by atoms with E-state index in [1.54, 1.807) is 4.90 Å². The maximum Gasteiger partial charge on any atom is 0.243 e. The van der Waals surface area contributed by atoms with Crippen molar-refractivity contribution in [1.29, 1.82) is 0 Å². The zero-order chi connectivity index (χ0) is 21.5. The maximum absolute atomic E-state index is 13.4. The molecular formula is C26H34N2O2. The maximum atomic E-state index is 13.4. The lowest BCUT2D eigenvalue weighted by Crippen LogP contribution is -2.51. The van der Waals surface area contributed by atoms with Crippen molar-refractivity contribution in [3.05, 3.63) is 70.8 Å². The van der Waals surface area contributed by atoms with Crippen molar-refractivity contribution in [2.45, 2.75) is 77.9 Å². The zero-order valence-electron chi connectivity index (χ0n) is 18.5. The van der Waals surface area contributed by atoms with Crippen LogP contribution in [0.2, 0.25) is 0 Å². The molecule has 0 aromatic heterocycles. The van der Waals surface area contributed by atoms with E-state index in [1.165, 1.54) is 12.8 Å². The van der Waals surface area contributed by atoms with E-state index in [4.69, 9.17) is 0 Å². The van der Waals surface area contributed by atoms with Crippen molar-refractivity contribution in [1.82, 2.24) is 10.2 Å². The number of nitrogens with one attached hydrogen (secondary N) is 1. The smallest absolute Gasteiger partial charge is 0.243 e. The number of carbonyl (C=O) groups excluding carboxylic acids is 2. The van der Waals surface area contributed by atoms with Crippen molar-refractivity contribution < 1.29 is 9.59 Å². The highest BCUT2D eigenvalue weighted by Crippen LogP contribution is 2.20. The normalized spacial score (nSPS) is 15.0. The van der Waals surface area contributed by atoms with Crippen LogP contribution in [0.5, 0.6) is 0 Å². The molecule has 160 valence electrons. The first kappa shape index (κ1) is 22.1. The number of hydrogen-bond acceptors (Lipinski definition) is 2. The average Bonchev–Trinajstić information content (AvgIpc) is 3.20. The third kappa shape index (κ3) is 5.94. The molecule has 0 aliphatic heterocycles. The molecular weight excluding hydrogens is 372 g/mol. The number of nitrogens with zero attached hydrogens (tertiary/aromatic N) is 1. The van der Waals surface area contributed by atoms with E-state index in [-0.39, 0.29) is 17.9 Å². The molecule has 2 amide bonds. The summed E-state index contributed by atoms with van der Waals surface area (Å²) in [5, 5.41) is 3.20. The molecule has 0 radical (unpaired) electrons. The molecule has 1 saturated carbocycles. The van der Waals surface area contributed by atoms with Gasteiger partial charge in [-0.25, -0.2) is 0 Å². The molecule has 0 bridgehead atoms. The molecule has 1 N–H and O–H groups in total. The van der Waals surface area contributed by atoms with Crippen LogP contribution in [0, 0.1) is 13.8 Å². The Labute approximate surface area is 180 Å². The van der Waals surface area contributed by atoms with Gasteiger partial charge in [0.1, 0.15) is 6.04 Å². The fourth-order valence-corrected chi connectivity index (χ4v) is 4.51. The van der Waals surface area contributed by atoms with Gasteiger partial charge in [-0.2, -0.15) is 0 Å². The van der Waals surface area contributed by atoms with Crippen molar-refractivity contribution in [3.8, 4) is 0 Å². The summed E-state index contributed by atoms with van der Waals surface area (Å²) in [4.78, 5) is 28.3. The lowest BCUT2D eigenvalue weighted by atomic mass is 10.0. The summed E-state index contributed by atoms with van der Waals surface area (Å²) >= 11 is 0. The highest BCUT2D eigenvalue weighted by atomic mass is 16.2. The molecule has 1 aliphatic rings. The van der Waals surface area contributed by atoms with E-state index in [1.807, 2.05) is 51.1 Å². The van der Waals surface area contributed by atoms with Gasteiger partial charge in [-0.15, -0.1) is 0 Å². The van der Waals surface area contributed by atoms with Crippen LogP contribution >= 0.6 is 0 Å². The van der Waals surface area contributed by atoms with Gasteiger partial charge in [0.25, 0.3) is 0 Å². The molecule has 0 heterocycles. The van der Waals surface area contributed by atoms with E-state index in [2.05, 4.69) is 23.5 Å². The predicted molar refractivity (Wildman–Crippen MR) is 121 cm³/mol. The van der Waals surface area contributed by atoms with Crippen LogP contribution in [-0.4, -0.2) is 28.8 Å². The second kappa shape index (κ2) is 10.4. The minimum Gasteiger partial charge on any atom is -0.352 e. The number of rotatable bonds is 8. The minimum atomic E-state index is -0.454. The topological polar surface area (TPSA) is 49.4 Å². The van der Waals surface area contributed by atoms with Crippen LogP contribution in [0.1, 0.15) is 61.3 Å². The Morgan fingerprint density at radius 1 is 1.00 bits per heavy atom. The van der Waals surface area contributed by atoms with E-state index in [0.29, 0.717) is 19.4 Å². The van der Waals surface area contributed by atoms with Crippen LogP contribution in [-0.2, 0) is 22.6 Å². The Kier molecular flexibility index (Phi) is 7.67. The molecule has 0 spiro atoms. The summed E-state index contributed by atoms with van der Waals surface area (Å²) in [6.07, 6.45) is 5.32. The van der Waals surface area contributed by atoms with Crippen molar-refractivity contribution in [2.24, 2.45) is 0 Å². The summed E-state index contributed by atoms with van der Waals surface area (Å²) in [5.74, 6) is -0.0219. The summed E-state index contributed by atoms with van der Waals surface area (Å²) < 4.78 is 0. The fourth-order valence-electron chi connectivity index (χ4n) is 4.51. The van der Waals surface area contributed by atoms with Crippen LogP contribution < -0.4 is 5.32 Å². The highest BCUT2D eigenvalue weighted by Gasteiger charge is 2.30. The van der Waals surface area contributed by atoms with Crippen LogP contribution in [0.4, 0.5) is 0 Å². The summed E-state index contributed by atoms with van der Waals surface area (Å²) in [6, 6.07) is 16.0. The monoisotopic (exact) mass is 406 g/mol. The second-order valence-corrected chi connectivity index (χ2v) is 8.59. The number of amides is 2. The molecule has 0 unspecified atom stereocenters. The number of aryl methyl sites for hydroxylation is 2. The summed E-state index contributed by atoms with van der Waals surface area (Å²) in [5.41, 5.74) is 4.34. The first-order valence-electron chi connectivity index (χ1n) is 11.2. The van der Waals surface area contributed by atoms with Gasteiger partial charge in [-0.1, -0.05) is 79.4 Å². The SMILES string of the molecule is CC[C@H](C(=O)NC1CCCC1)N(Cc1ccccc1)C(=O)Cc1cc(C)cc(C)c1. The fraction of sp³-hybridized carbons (Fsp3) is 0.462. The highest BCUT2D eigenvalue weighted by molar-refractivity contribution is 5.88. The average molecular weight is 407 g/mol. The third-order valence-electron chi connectivity index (χ3n) is 5.92. The molecule has 3 rings (SSSR count). The van der Waals surface area contributed by atoms with Gasteiger partial charge in [-0.05, 0) is 44.2 Å². The summed E-state index contributed by atoms with van der Waals surface area (Å²) in [7, 11) is 0. The van der Waals surface area contributed by atoms with E-state index in [0.717, 1.165) is 35.1 Å². The van der Waals surface area contributed by atoms with Gasteiger partial charge < -0.3 is 10.2 Å². The lowest BCUT2D eigenvalue weighted by Gasteiger charge is -2.31. The lowest BCUT2D eigenvalue weighted by molar-refractivity contribution is -0.141. The standard InChI is InChI=1S/C26H34N2O2/c1-4-24(26(30)27-23-12-8-9-13-23)28(18-21-10-6-5-7-11-21)25(29)17-22-15-19(2)14-20(3)16-22/h5-7,10-11,14-16,23-24H,4,8-9,12-13,17-18H2,1-3H3,(H,27,30)/t24-/m1/s1. The Balaban J connectivity index is 1.81. The van der Waals surface area contributed by atoms with E-state index >= 15 is 0 Å². The molecule has 1 atom stereocenters. The predicted octanol–water partition coefficient (Wildman–Crippen LogP) is 4.71. The molecule has 1 fully saturated rings. The van der Waals surface area contributed by atoms with Crippen molar-refractivity contribution >= 4 is 11.8 Å². The Hall–Kier alpha value is -2.62. The minimum absolute atomic E-state index is 0.00252. The van der Waals surface area contributed by atoms with E-state index in [9.17, 15) is 9.59 Å². The van der Waals surface area contributed by atoms with Gasteiger partial charge in [0.15, 0.2) is 0 Å². The van der Waals surface area contributed by atoms with Gasteiger partial charge in [-0.3, -0.25) is 9.59 Å². The van der Waals surface area contributed by atoms with Gasteiger partial charge >= 0.3 is 0 Å². The van der Waals surface area contributed by atoms with Crippen LogP contribution in [0.3, 0.4) is 0 Å². The second-order valence-electron chi connectivity index (χ2n) is 8.59. The molecule has 1 aliphatic carbocycles. The van der Waals surface area contributed by atoms with Crippen LogP contribution in [0.25, 0.3) is 0 Å². The zero-order valence-corrected chi connectivity index (χ0v) is 18.5. The molecule has 2 aromatic carbocycles. The molecule has 4 heteroatoms. The van der Waals surface area contributed by atoms with E-state index < -0.39 is 6.04 Å². The number of benzene rings is 2. The molecule has 0 saturated heterocycles. The first-order chi connectivity index (χ1) is 14.5. The van der Waals surface area contributed by atoms with Gasteiger partial charge in [0.05, 0.1) is 6.42 Å². The Morgan fingerprint density at radius 2 is 1.63 bits per heavy atom. The molecule has 2 aromatic rings. The Bertz CT molecular complexity index is 836. The molecule has 30 heavy (non-hydrogen) atoms. The Morgan fingerprint density at radius 3 is 2.23 bits per heavy atom. The van der Waals surface area contributed by atoms with Gasteiger partial charge in [0, 0.05) is 12.6 Å².